The third kappa shape index (κ3) is 3.93. The standard InChI is InChI=1S/C12H16N2O4S/c15-11(14-3-5-18-6-4-14)10(13-12(16)17)8-9-2-1-7-19-9/h1-2,7,10,13H,3-6,8H2,(H,16,17)/t10-/m0/s1. The Bertz CT molecular complexity index is 429. The minimum absolute atomic E-state index is 0.181. The quantitative estimate of drug-likeness (QED) is 0.856. The number of ether oxygens (including phenoxy) is 1. The number of rotatable bonds is 4. The predicted octanol–water partition coefficient (Wildman–Crippen LogP) is 0.786. The highest BCUT2D eigenvalue weighted by molar-refractivity contribution is 7.09. The number of carboxylic acid groups (broad SMARTS) is 1. The van der Waals surface area contributed by atoms with Crippen molar-refractivity contribution in [1.29, 1.82) is 0 Å². The van der Waals surface area contributed by atoms with Gasteiger partial charge in [0.05, 0.1) is 13.2 Å². The van der Waals surface area contributed by atoms with Crippen molar-refractivity contribution < 1.29 is 19.4 Å². The van der Waals surface area contributed by atoms with E-state index >= 15 is 0 Å². The normalized spacial score (nSPS) is 16.9. The van der Waals surface area contributed by atoms with E-state index in [1.807, 2.05) is 17.5 Å². The van der Waals surface area contributed by atoms with Crippen molar-refractivity contribution in [1.82, 2.24) is 10.2 Å². The topological polar surface area (TPSA) is 78.9 Å². The van der Waals surface area contributed by atoms with Gasteiger partial charge in [-0.3, -0.25) is 4.79 Å². The summed E-state index contributed by atoms with van der Waals surface area (Å²) in [6, 6.07) is 3.06. The van der Waals surface area contributed by atoms with Crippen molar-refractivity contribution in [2.75, 3.05) is 26.3 Å². The molecular weight excluding hydrogens is 268 g/mol. The summed E-state index contributed by atoms with van der Waals surface area (Å²) in [6.07, 6.45) is -0.789. The molecular formula is C12H16N2O4S. The van der Waals surface area contributed by atoms with E-state index in [-0.39, 0.29) is 5.91 Å². The second-order valence-electron chi connectivity index (χ2n) is 4.22. The van der Waals surface area contributed by atoms with Crippen LogP contribution in [0.4, 0.5) is 4.79 Å². The minimum Gasteiger partial charge on any atom is -0.465 e. The highest BCUT2D eigenvalue weighted by Gasteiger charge is 2.27. The molecule has 7 heteroatoms. The van der Waals surface area contributed by atoms with Gasteiger partial charge in [-0.1, -0.05) is 6.07 Å². The maximum Gasteiger partial charge on any atom is 0.405 e. The van der Waals surface area contributed by atoms with Gasteiger partial charge in [-0.15, -0.1) is 11.3 Å². The van der Waals surface area contributed by atoms with Crippen LogP contribution in [0.2, 0.25) is 0 Å². The van der Waals surface area contributed by atoms with Crippen LogP contribution < -0.4 is 5.32 Å². The highest BCUT2D eigenvalue weighted by atomic mass is 32.1. The molecule has 0 spiro atoms. The monoisotopic (exact) mass is 284 g/mol. The molecule has 0 aromatic carbocycles. The van der Waals surface area contributed by atoms with Crippen LogP contribution in [0, 0.1) is 0 Å². The van der Waals surface area contributed by atoms with E-state index in [0.717, 1.165) is 4.88 Å². The SMILES string of the molecule is O=C(O)N[C@@H](Cc1cccs1)C(=O)N1CCOCC1. The molecule has 2 N–H and O–H groups in total. The van der Waals surface area contributed by atoms with Crippen LogP contribution in [0.5, 0.6) is 0 Å². The summed E-state index contributed by atoms with van der Waals surface area (Å²) in [6.45, 7) is 2.04. The van der Waals surface area contributed by atoms with Gasteiger partial charge < -0.3 is 20.1 Å². The molecule has 2 amide bonds. The van der Waals surface area contributed by atoms with Gasteiger partial charge in [0.1, 0.15) is 6.04 Å². The van der Waals surface area contributed by atoms with Crippen molar-refractivity contribution in [3.05, 3.63) is 22.4 Å². The summed E-state index contributed by atoms with van der Waals surface area (Å²) in [5.41, 5.74) is 0. The van der Waals surface area contributed by atoms with E-state index in [9.17, 15) is 9.59 Å². The lowest BCUT2D eigenvalue weighted by Gasteiger charge is -2.30. The number of hydrogen-bond donors (Lipinski definition) is 2. The molecule has 19 heavy (non-hydrogen) atoms. The number of nitrogens with one attached hydrogen (secondary N) is 1. The van der Waals surface area contributed by atoms with Crippen LogP contribution in [0.3, 0.4) is 0 Å². The van der Waals surface area contributed by atoms with Crippen LogP contribution in [-0.2, 0) is 16.0 Å². The predicted molar refractivity (Wildman–Crippen MR) is 70.4 cm³/mol. The van der Waals surface area contributed by atoms with E-state index in [0.29, 0.717) is 32.7 Å². The van der Waals surface area contributed by atoms with Gasteiger partial charge in [-0.05, 0) is 11.4 Å². The van der Waals surface area contributed by atoms with Gasteiger partial charge in [-0.25, -0.2) is 4.79 Å². The highest BCUT2D eigenvalue weighted by Crippen LogP contribution is 2.13. The zero-order valence-corrected chi connectivity index (χ0v) is 11.2. The van der Waals surface area contributed by atoms with Crippen molar-refractivity contribution in [3.8, 4) is 0 Å². The smallest absolute Gasteiger partial charge is 0.405 e. The summed E-state index contributed by atoms with van der Waals surface area (Å²) >= 11 is 1.51. The maximum absolute atomic E-state index is 12.3. The molecule has 1 saturated heterocycles. The van der Waals surface area contributed by atoms with Gasteiger partial charge in [0.25, 0.3) is 0 Å². The third-order valence-corrected chi connectivity index (χ3v) is 3.80. The summed E-state index contributed by atoms with van der Waals surface area (Å²) in [4.78, 5) is 25.8. The fourth-order valence-corrected chi connectivity index (χ4v) is 2.74. The molecule has 1 aromatic rings. The van der Waals surface area contributed by atoms with Crippen molar-refractivity contribution in [3.63, 3.8) is 0 Å². The zero-order valence-electron chi connectivity index (χ0n) is 10.4. The number of nitrogens with zero attached hydrogens (tertiary/aromatic N) is 1. The summed E-state index contributed by atoms with van der Waals surface area (Å²) in [5, 5.41) is 13.1. The second kappa shape index (κ2) is 6.53. The number of morpholine rings is 1. The van der Waals surface area contributed by atoms with Gasteiger partial charge in [0.2, 0.25) is 5.91 Å². The van der Waals surface area contributed by atoms with Crippen LogP contribution in [0.15, 0.2) is 17.5 Å². The van der Waals surface area contributed by atoms with E-state index < -0.39 is 12.1 Å². The number of amides is 2. The number of carbonyl (C=O) groups is 2. The largest absolute Gasteiger partial charge is 0.465 e. The molecule has 0 saturated carbocycles. The molecule has 0 bridgehead atoms. The van der Waals surface area contributed by atoms with Crippen LogP contribution >= 0.6 is 11.3 Å². The minimum atomic E-state index is -1.18. The number of hydrogen-bond acceptors (Lipinski definition) is 4. The molecule has 6 nitrogen and oxygen atoms in total. The van der Waals surface area contributed by atoms with Crippen LogP contribution in [0.1, 0.15) is 4.88 Å². The molecule has 0 unspecified atom stereocenters. The lowest BCUT2D eigenvalue weighted by molar-refractivity contribution is -0.137. The molecule has 1 aromatic heterocycles. The zero-order chi connectivity index (χ0) is 13.7. The van der Waals surface area contributed by atoms with Crippen molar-refractivity contribution in [2.45, 2.75) is 12.5 Å². The number of carbonyl (C=O) groups excluding carboxylic acids is 1. The Hall–Kier alpha value is -1.60. The molecule has 0 aliphatic carbocycles. The lowest BCUT2D eigenvalue weighted by Crippen LogP contribution is -2.52. The Labute approximate surface area is 115 Å². The van der Waals surface area contributed by atoms with E-state index in [1.165, 1.54) is 11.3 Å². The Balaban J connectivity index is 2.02. The molecule has 1 aliphatic rings. The molecule has 1 atom stereocenters. The average molecular weight is 284 g/mol. The maximum atomic E-state index is 12.3. The molecule has 1 aliphatic heterocycles. The van der Waals surface area contributed by atoms with Gasteiger partial charge in [0, 0.05) is 24.4 Å². The van der Waals surface area contributed by atoms with Crippen molar-refractivity contribution in [2.24, 2.45) is 0 Å². The van der Waals surface area contributed by atoms with Crippen molar-refractivity contribution >= 4 is 23.3 Å². The number of thiophene rings is 1. The van der Waals surface area contributed by atoms with Gasteiger partial charge in [0.15, 0.2) is 0 Å². The first-order chi connectivity index (χ1) is 9.16. The molecule has 104 valence electrons. The summed E-state index contributed by atoms with van der Waals surface area (Å²) < 4.78 is 5.19. The Morgan fingerprint density at radius 3 is 2.79 bits per heavy atom. The van der Waals surface area contributed by atoms with Crippen LogP contribution in [-0.4, -0.2) is 54.4 Å². The third-order valence-electron chi connectivity index (χ3n) is 2.90. The summed E-state index contributed by atoms with van der Waals surface area (Å²) in [5.74, 6) is -0.181. The molecule has 0 radical (unpaired) electrons. The second-order valence-corrected chi connectivity index (χ2v) is 5.26. The van der Waals surface area contributed by atoms with E-state index in [4.69, 9.17) is 9.84 Å². The fourth-order valence-electron chi connectivity index (χ4n) is 1.98. The Morgan fingerprint density at radius 1 is 1.47 bits per heavy atom. The Morgan fingerprint density at radius 2 is 2.21 bits per heavy atom. The fraction of sp³-hybridized carbons (Fsp3) is 0.500. The average Bonchev–Trinajstić information content (AvgIpc) is 2.90. The molecule has 2 heterocycles. The van der Waals surface area contributed by atoms with Gasteiger partial charge >= 0.3 is 6.09 Å². The van der Waals surface area contributed by atoms with E-state index in [2.05, 4.69) is 5.32 Å². The van der Waals surface area contributed by atoms with Gasteiger partial charge in [-0.2, -0.15) is 0 Å². The molecule has 2 rings (SSSR count). The first-order valence-electron chi connectivity index (χ1n) is 6.05. The first-order valence-corrected chi connectivity index (χ1v) is 6.93. The molecule has 1 fully saturated rings. The lowest BCUT2D eigenvalue weighted by atomic mass is 10.1. The Kier molecular flexibility index (Phi) is 4.75. The first kappa shape index (κ1) is 13.8. The van der Waals surface area contributed by atoms with Crippen LogP contribution in [0.25, 0.3) is 0 Å². The van der Waals surface area contributed by atoms with E-state index in [1.54, 1.807) is 4.90 Å². The summed E-state index contributed by atoms with van der Waals surface area (Å²) in [7, 11) is 0.